The summed E-state index contributed by atoms with van der Waals surface area (Å²) in [5.74, 6) is 0. The molecule has 0 spiro atoms. The van der Waals surface area contributed by atoms with E-state index in [4.69, 9.17) is 140 Å². The molecule has 16 N–H and O–H groups in total. The zero-order chi connectivity index (χ0) is 36.0. The minimum Gasteiger partial charge on any atom is -1.00 e. The van der Waals surface area contributed by atoms with Crippen molar-refractivity contribution in [2.75, 3.05) is 0 Å². The molecule has 32 nitrogen and oxygen atoms in total. The van der Waals surface area contributed by atoms with Crippen molar-refractivity contribution >= 4 is 83.2 Å². The van der Waals surface area contributed by atoms with Crippen molar-refractivity contribution in [2.45, 2.75) is 0 Å². The molecule has 0 aliphatic carbocycles. The first kappa shape index (κ1) is 64.0. The van der Waals surface area contributed by atoms with Crippen molar-refractivity contribution in [3.8, 4) is 0 Å². The normalized spacial score (nSPS) is 11.3. The second-order valence-electron chi connectivity index (χ2n) is 3.58. The Morgan fingerprint density at radius 1 is 0.195 bits per heavy atom. The van der Waals surface area contributed by atoms with Crippen LogP contribution in [0.1, 0.15) is 1.43 Å². The third kappa shape index (κ3) is 36000000. The summed E-state index contributed by atoms with van der Waals surface area (Å²) in [5, 5.41) is 0. The monoisotopic (exact) mass is 808 g/mol. The van der Waals surface area contributed by atoms with Gasteiger partial charge >= 0.3 is 113 Å². The maximum Gasteiger partial charge on any atom is 1.00 e. The summed E-state index contributed by atoms with van der Waals surface area (Å²) in [6.45, 7) is 0. The first-order chi connectivity index (χ1) is 16.0. The Balaban J connectivity index is -0.0000000346. The molecule has 0 aromatic heterocycles. The Morgan fingerprint density at radius 2 is 0.195 bits per heavy atom. The summed E-state index contributed by atoms with van der Waals surface area (Å²) >= 11 is 0. The van der Waals surface area contributed by atoms with Crippen molar-refractivity contribution in [3.05, 3.63) is 0 Å². The molecule has 0 bridgehead atoms. The second kappa shape index (κ2) is 26.4. The van der Waals surface area contributed by atoms with Gasteiger partial charge < -0.3 is 1.43 Å². The molecule has 0 rings (SSSR count). The van der Waals surface area contributed by atoms with Crippen molar-refractivity contribution < 1.29 is 171 Å². The van der Waals surface area contributed by atoms with Crippen LogP contribution in [0.5, 0.6) is 0 Å². The molecule has 0 fully saturated rings. The van der Waals surface area contributed by atoms with Crippen LogP contribution in [0.3, 0.4) is 0 Å². The van der Waals surface area contributed by atoms with Gasteiger partial charge in [-0.1, -0.05) is 0 Å². The van der Waals surface area contributed by atoms with Gasteiger partial charge in [0, 0.05) is 0 Å². The Hall–Kier alpha value is -0.0400. The van der Waals surface area contributed by atoms with E-state index < -0.39 is 83.2 Å². The summed E-state index contributed by atoms with van der Waals surface area (Å²) in [6.07, 6.45) is 0. The number of hydrogen-bond donors (Lipinski definition) is 16. The maximum absolute atomic E-state index is 8.74. The molecule has 0 amide bonds. The van der Waals surface area contributed by atoms with Crippen LogP contribution in [0.2, 0.25) is 0 Å². The number of rotatable bonds is 0. The minimum atomic E-state index is -4.67. The van der Waals surface area contributed by atoms with E-state index in [1.165, 1.54) is 0 Å². The van der Waals surface area contributed by atoms with Crippen LogP contribution < -0.4 is 29.6 Å². The minimum absolute atomic E-state index is 0. The van der Waals surface area contributed by atoms with Crippen LogP contribution in [0.4, 0.5) is 0 Å². The fraction of sp³-hybridized carbons (Fsp3) is 0. The van der Waals surface area contributed by atoms with Crippen LogP contribution in [-0.2, 0) is 83.2 Å². The van der Waals surface area contributed by atoms with E-state index in [9.17, 15) is 0 Å². The van der Waals surface area contributed by atoms with E-state index in [0.29, 0.717) is 0 Å². The van der Waals surface area contributed by atoms with Crippen molar-refractivity contribution in [3.63, 3.8) is 0 Å². The average molecular weight is 809 g/mol. The van der Waals surface area contributed by atoms with Gasteiger partial charge in [-0.15, -0.1) is 0 Å². The van der Waals surface area contributed by atoms with Gasteiger partial charge in [0.25, 0.3) is 0 Å². The molecule has 0 saturated heterocycles. The molecule has 41 heteroatoms. The maximum atomic E-state index is 8.74. The molecule has 0 aliphatic heterocycles. The topological polar surface area (TPSA) is 597 Å². The molecule has 0 aliphatic rings. The largest absolute Gasteiger partial charge is 1.00 e. The summed E-state index contributed by atoms with van der Waals surface area (Å²) < 4.78 is 253. The quantitative estimate of drug-likeness (QED) is 0.0798. The Morgan fingerprint density at radius 3 is 0.195 bits per heavy atom. The van der Waals surface area contributed by atoms with Crippen molar-refractivity contribution in [1.29, 1.82) is 0 Å². The predicted octanol–water partition coefficient (Wildman–Crippen LogP) is -8.11. The predicted molar refractivity (Wildman–Crippen MR) is 115 cm³/mol. The van der Waals surface area contributed by atoms with E-state index in [1.807, 2.05) is 0 Å². The first-order valence-corrected chi connectivity index (χ1v) is 16.8. The molecule has 0 heterocycles. The Labute approximate surface area is 252 Å². The van der Waals surface area contributed by atoms with Crippen molar-refractivity contribution in [2.24, 2.45) is 0 Å². The fourth-order valence-corrected chi connectivity index (χ4v) is 0. The first-order valence-electron chi connectivity index (χ1n) is 5.59. The summed E-state index contributed by atoms with van der Waals surface area (Å²) in [7, 11) is -37.3. The Bertz CT molecular complexity index is 1070. The van der Waals surface area contributed by atoms with Crippen LogP contribution in [0.25, 0.3) is 0 Å². The number of hydrogen-bond acceptors (Lipinski definition) is 16. The van der Waals surface area contributed by atoms with Gasteiger partial charge in [0.15, 0.2) is 0 Å². The molecule has 41 heavy (non-hydrogen) atoms. The van der Waals surface area contributed by atoms with E-state index in [-0.39, 0.29) is 31.0 Å². The van der Waals surface area contributed by atoms with Gasteiger partial charge in [-0.2, -0.15) is 67.3 Å². The third-order valence-corrected chi connectivity index (χ3v) is 0. The van der Waals surface area contributed by atoms with Gasteiger partial charge in [-0.3, -0.25) is 72.8 Å². The molecule has 0 aromatic rings. The van der Waals surface area contributed by atoms with E-state index >= 15 is 0 Å². The van der Waals surface area contributed by atoms with Gasteiger partial charge in [0.05, 0.1) is 0 Å². The molecule has 0 radical (unpaired) electrons. The van der Waals surface area contributed by atoms with Crippen molar-refractivity contribution in [1.82, 2.24) is 0 Å². The average Bonchev–Trinajstić information content (AvgIpc) is 2.16. The molecule has 0 aromatic carbocycles. The summed E-state index contributed by atoms with van der Waals surface area (Å²) in [6, 6.07) is 0. The summed E-state index contributed by atoms with van der Waals surface area (Å²) in [5.41, 5.74) is 0. The van der Waals surface area contributed by atoms with E-state index in [2.05, 4.69) is 0 Å². The van der Waals surface area contributed by atoms with E-state index in [0.717, 1.165) is 0 Å². The fourth-order valence-electron chi connectivity index (χ4n) is 0. The van der Waals surface area contributed by atoms with Gasteiger partial charge in [0.1, 0.15) is 0 Å². The third-order valence-electron chi connectivity index (χ3n) is 0. The molecule has 258 valence electrons. The smallest absolute Gasteiger partial charge is 1.00 e. The zero-order valence-electron chi connectivity index (χ0n) is 19.0. The van der Waals surface area contributed by atoms with Gasteiger partial charge in [-0.25, -0.2) is 0 Å². The SMILES string of the molecule is O=S(=O)(O)O.O=S(=O)(O)O.O=S(=O)(O)O.O=S(=O)(O)O.O=S(=O)(O)O.O=S(=O)(O)O.O=S(=O)(O)O.O=S(=O)(O)O.[H-].[Na+]. The van der Waals surface area contributed by atoms with Gasteiger partial charge in [-0.05, 0) is 0 Å². The molecule has 0 atom stereocenters. The second-order valence-corrected chi connectivity index (χ2v) is 10.7. The molecular weight excluding hydrogens is 791 g/mol. The standard InChI is InChI=1S/Na.8H2O4S.H/c;8*1-5(2,3)4;/h;8*(H2,1,2,3,4);/q+1;;;;;;;;;-1. The van der Waals surface area contributed by atoms with E-state index in [1.54, 1.807) is 0 Å². The van der Waals surface area contributed by atoms with Gasteiger partial charge in [0.2, 0.25) is 0 Å². The Kier molecular flexibility index (Phi) is 41.2. The molecular formula is H17NaO32S8. The van der Waals surface area contributed by atoms with Crippen LogP contribution >= 0.6 is 0 Å². The molecule has 0 unspecified atom stereocenters. The van der Waals surface area contributed by atoms with Crippen LogP contribution in [-0.4, -0.2) is 140 Å². The van der Waals surface area contributed by atoms with Crippen LogP contribution in [0.15, 0.2) is 0 Å². The van der Waals surface area contributed by atoms with Crippen LogP contribution in [0, 0.1) is 0 Å². The zero-order valence-corrected chi connectivity index (χ0v) is 26.5. The summed E-state index contributed by atoms with van der Waals surface area (Å²) in [4.78, 5) is 0. The molecule has 0 saturated carbocycles.